The molecule has 136 valence electrons. The van der Waals surface area contributed by atoms with Crippen LogP contribution in [0.4, 0.5) is 0 Å². The van der Waals surface area contributed by atoms with Crippen LogP contribution in [0.5, 0.6) is 0 Å². The number of piperidine rings is 1. The SMILES string of the molecule is O=C(c1cnc(-c2ccc(Cl)cc2)nc1)N1CCC(N2CCCC2)CC1. The Bertz CT molecular complexity index is 748. The molecule has 2 aliphatic rings. The van der Waals surface area contributed by atoms with Crippen LogP contribution in [-0.4, -0.2) is 57.9 Å². The molecule has 4 rings (SSSR count). The lowest BCUT2D eigenvalue weighted by atomic mass is 10.0. The van der Waals surface area contributed by atoms with Crippen LogP contribution in [-0.2, 0) is 0 Å². The maximum atomic E-state index is 12.7. The first-order valence-corrected chi connectivity index (χ1v) is 9.70. The zero-order chi connectivity index (χ0) is 17.9. The lowest BCUT2D eigenvalue weighted by molar-refractivity contribution is 0.0643. The minimum atomic E-state index is 0.0347. The van der Waals surface area contributed by atoms with Gasteiger partial charge < -0.3 is 9.80 Å². The fraction of sp³-hybridized carbons (Fsp3) is 0.450. The number of carbonyl (C=O) groups excluding carboxylic acids is 1. The number of hydrogen-bond acceptors (Lipinski definition) is 4. The molecule has 2 fully saturated rings. The lowest BCUT2D eigenvalue weighted by Crippen LogP contribution is -2.45. The minimum Gasteiger partial charge on any atom is -0.338 e. The van der Waals surface area contributed by atoms with Crippen molar-refractivity contribution in [1.29, 1.82) is 0 Å². The molecule has 0 aliphatic carbocycles. The summed E-state index contributed by atoms with van der Waals surface area (Å²) in [5.41, 5.74) is 1.45. The standard InChI is InChI=1S/C20H23ClN4O/c21-17-5-3-15(4-6-17)19-22-13-16(14-23-19)20(26)25-11-7-18(8-12-25)24-9-1-2-10-24/h3-6,13-14,18H,1-2,7-12H2. The van der Waals surface area contributed by atoms with Crippen molar-refractivity contribution < 1.29 is 4.79 Å². The molecule has 0 atom stereocenters. The summed E-state index contributed by atoms with van der Waals surface area (Å²) in [6, 6.07) is 8.02. The van der Waals surface area contributed by atoms with Gasteiger partial charge in [0.2, 0.25) is 0 Å². The third-order valence-corrected chi connectivity index (χ3v) is 5.66. The van der Waals surface area contributed by atoms with Crippen molar-refractivity contribution in [2.75, 3.05) is 26.2 Å². The third-order valence-electron chi connectivity index (χ3n) is 5.41. The van der Waals surface area contributed by atoms with Crippen molar-refractivity contribution in [3.8, 4) is 11.4 Å². The number of halogens is 1. The van der Waals surface area contributed by atoms with E-state index in [9.17, 15) is 4.79 Å². The van der Waals surface area contributed by atoms with E-state index in [-0.39, 0.29) is 5.91 Å². The number of benzene rings is 1. The molecule has 26 heavy (non-hydrogen) atoms. The van der Waals surface area contributed by atoms with E-state index < -0.39 is 0 Å². The van der Waals surface area contributed by atoms with E-state index in [2.05, 4.69) is 14.9 Å². The molecule has 0 N–H and O–H groups in total. The third kappa shape index (κ3) is 3.74. The first-order chi connectivity index (χ1) is 12.7. The van der Waals surface area contributed by atoms with Gasteiger partial charge in [-0.05, 0) is 63.0 Å². The zero-order valence-corrected chi connectivity index (χ0v) is 15.5. The highest BCUT2D eigenvalue weighted by atomic mass is 35.5. The first kappa shape index (κ1) is 17.4. The summed E-state index contributed by atoms with van der Waals surface area (Å²) in [4.78, 5) is 26.0. The molecule has 0 saturated carbocycles. The summed E-state index contributed by atoms with van der Waals surface area (Å²) < 4.78 is 0. The molecule has 2 saturated heterocycles. The quantitative estimate of drug-likeness (QED) is 0.829. The van der Waals surface area contributed by atoms with Crippen molar-refractivity contribution in [1.82, 2.24) is 19.8 Å². The normalized spacial score (nSPS) is 19.0. The van der Waals surface area contributed by atoms with Gasteiger partial charge in [0.15, 0.2) is 5.82 Å². The second-order valence-corrected chi connectivity index (χ2v) is 7.51. The highest BCUT2D eigenvalue weighted by Crippen LogP contribution is 2.22. The molecule has 2 aromatic rings. The molecule has 0 radical (unpaired) electrons. The van der Waals surface area contributed by atoms with Crippen molar-refractivity contribution in [2.45, 2.75) is 31.7 Å². The molecule has 3 heterocycles. The van der Waals surface area contributed by atoms with Gasteiger partial charge in [-0.15, -0.1) is 0 Å². The molecule has 0 bridgehead atoms. The summed E-state index contributed by atoms with van der Waals surface area (Å²) in [5, 5.41) is 0.679. The van der Waals surface area contributed by atoms with E-state index in [4.69, 9.17) is 11.6 Å². The molecule has 1 aromatic carbocycles. The average Bonchev–Trinajstić information content (AvgIpc) is 3.23. The summed E-state index contributed by atoms with van der Waals surface area (Å²) in [5.74, 6) is 0.637. The molecule has 2 aliphatic heterocycles. The van der Waals surface area contributed by atoms with Gasteiger partial charge in [-0.3, -0.25) is 4.79 Å². The first-order valence-electron chi connectivity index (χ1n) is 9.32. The van der Waals surface area contributed by atoms with Gasteiger partial charge in [-0.25, -0.2) is 9.97 Å². The fourth-order valence-electron chi connectivity index (χ4n) is 3.91. The van der Waals surface area contributed by atoms with Crippen molar-refractivity contribution >= 4 is 17.5 Å². The Balaban J connectivity index is 1.38. The van der Waals surface area contributed by atoms with E-state index in [0.29, 0.717) is 22.5 Å². The number of carbonyl (C=O) groups is 1. The number of aromatic nitrogens is 2. The van der Waals surface area contributed by atoms with E-state index in [1.54, 1.807) is 12.4 Å². The van der Waals surface area contributed by atoms with Crippen molar-refractivity contribution in [3.63, 3.8) is 0 Å². The summed E-state index contributed by atoms with van der Waals surface area (Å²) >= 11 is 5.91. The lowest BCUT2D eigenvalue weighted by Gasteiger charge is -2.36. The minimum absolute atomic E-state index is 0.0347. The predicted octanol–water partition coefficient (Wildman–Crippen LogP) is 3.50. The topological polar surface area (TPSA) is 49.3 Å². The van der Waals surface area contributed by atoms with Gasteiger partial charge in [0.25, 0.3) is 5.91 Å². The molecular formula is C20H23ClN4O. The zero-order valence-electron chi connectivity index (χ0n) is 14.8. The smallest absolute Gasteiger partial charge is 0.256 e. The number of nitrogens with zero attached hydrogens (tertiary/aromatic N) is 4. The fourth-order valence-corrected chi connectivity index (χ4v) is 4.04. The molecular weight excluding hydrogens is 348 g/mol. The maximum absolute atomic E-state index is 12.7. The van der Waals surface area contributed by atoms with Crippen LogP contribution in [0, 0.1) is 0 Å². The number of amides is 1. The largest absolute Gasteiger partial charge is 0.338 e. The summed E-state index contributed by atoms with van der Waals surface area (Å²) in [6.45, 7) is 4.08. The van der Waals surface area contributed by atoms with Crippen LogP contribution in [0.15, 0.2) is 36.7 Å². The number of likely N-dealkylation sites (tertiary alicyclic amines) is 2. The molecule has 0 unspecified atom stereocenters. The van der Waals surface area contributed by atoms with Crippen LogP contribution >= 0.6 is 11.6 Å². The van der Waals surface area contributed by atoms with Gasteiger partial charge >= 0.3 is 0 Å². The second kappa shape index (κ2) is 7.72. The molecule has 1 amide bonds. The maximum Gasteiger partial charge on any atom is 0.256 e. The Morgan fingerprint density at radius 1 is 0.962 bits per heavy atom. The molecule has 5 nitrogen and oxygen atoms in total. The van der Waals surface area contributed by atoms with Gasteiger partial charge in [-0.2, -0.15) is 0 Å². The molecule has 6 heteroatoms. The van der Waals surface area contributed by atoms with Crippen LogP contribution in [0.25, 0.3) is 11.4 Å². The van der Waals surface area contributed by atoms with Gasteiger partial charge in [0, 0.05) is 42.1 Å². The van der Waals surface area contributed by atoms with E-state index in [0.717, 1.165) is 31.5 Å². The van der Waals surface area contributed by atoms with Gasteiger partial charge in [-0.1, -0.05) is 11.6 Å². The van der Waals surface area contributed by atoms with E-state index >= 15 is 0 Å². The number of rotatable bonds is 3. The van der Waals surface area contributed by atoms with Crippen LogP contribution in [0.3, 0.4) is 0 Å². The van der Waals surface area contributed by atoms with Gasteiger partial charge in [0.05, 0.1) is 5.56 Å². The Kier molecular flexibility index (Phi) is 5.18. The number of hydrogen-bond donors (Lipinski definition) is 0. The van der Waals surface area contributed by atoms with E-state index in [1.165, 1.54) is 25.9 Å². The van der Waals surface area contributed by atoms with Crippen LogP contribution in [0.2, 0.25) is 5.02 Å². The summed E-state index contributed by atoms with van der Waals surface area (Å²) in [6.07, 6.45) is 8.02. The van der Waals surface area contributed by atoms with Crippen LogP contribution < -0.4 is 0 Å². The average molecular weight is 371 g/mol. The Labute approximate surface area is 159 Å². The van der Waals surface area contributed by atoms with Crippen molar-refractivity contribution in [3.05, 3.63) is 47.2 Å². The molecule has 1 aromatic heterocycles. The Hall–Kier alpha value is -1.98. The van der Waals surface area contributed by atoms with Crippen LogP contribution in [0.1, 0.15) is 36.0 Å². The Morgan fingerprint density at radius 2 is 1.58 bits per heavy atom. The molecule has 0 spiro atoms. The monoisotopic (exact) mass is 370 g/mol. The summed E-state index contributed by atoms with van der Waals surface area (Å²) in [7, 11) is 0. The van der Waals surface area contributed by atoms with Crippen molar-refractivity contribution in [2.24, 2.45) is 0 Å². The Morgan fingerprint density at radius 3 is 2.19 bits per heavy atom. The second-order valence-electron chi connectivity index (χ2n) is 7.07. The van der Waals surface area contributed by atoms with Gasteiger partial charge in [0.1, 0.15) is 0 Å². The highest BCUT2D eigenvalue weighted by molar-refractivity contribution is 6.30. The predicted molar refractivity (Wildman–Crippen MR) is 102 cm³/mol. The van der Waals surface area contributed by atoms with E-state index in [1.807, 2.05) is 29.2 Å². The highest BCUT2D eigenvalue weighted by Gasteiger charge is 2.28.